The number of fused-ring (bicyclic) bond motifs is 7. The topological polar surface area (TPSA) is 21.3 Å². The maximum Gasteiger partial charge on any atom is 0.143 e. The van der Waals surface area contributed by atoms with Crippen molar-refractivity contribution >= 4 is 66.8 Å². The molecule has 12 rings (SSSR count). The summed E-state index contributed by atoms with van der Waals surface area (Å²) in [7, 11) is 0. The van der Waals surface area contributed by atoms with Gasteiger partial charge >= 0.3 is 0 Å². The van der Waals surface area contributed by atoms with Gasteiger partial charge in [-0.15, -0.1) is 0 Å². The number of allylic oxidation sites excluding steroid dienone is 1. The van der Waals surface area contributed by atoms with Crippen LogP contribution in [0.2, 0.25) is 0 Å². The summed E-state index contributed by atoms with van der Waals surface area (Å²) in [5, 5.41) is 5.94. The first-order chi connectivity index (χ1) is 30.3. The molecule has 0 amide bonds. The van der Waals surface area contributed by atoms with Crippen molar-refractivity contribution < 1.29 is 4.42 Å². The molecule has 9 aromatic carbocycles. The van der Waals surface area contributed by atoms with E-state index in [1.54, 1.807) is 0 Å². The van der Waals surface area contributed by atoms with E-state index in [4.69, 9.17) is 4.42 Å². The molecule has 0 saturated carbocycles. The van der Waals surface area contributed by atoms with Crippen molar-refractivity contribution in [1.82, 2.24) is 4.57 Å². The average Bonchev–Trinajstić information content (AvgIpc) is 3.88. The van der Waals surface area contributed by atoms with Crippen molar-refractivity contribution in [3.05, 3.63) is 224 Å². The maximum atomic E-state index is 6.62. The second-order valence-electron chi connectivity index (χ2n) is 16.0. The molecule has 2 aromatic heterocycles. The van der Waals surface area contributed by atoms with Crippen LogP contribution in [-0.4, -0.2) is 4.57 Å². The number of hydrogen-bond donors (Lipinski definition) is 0. The molecule has 1 aliphatic rings. The normalized spacial score (nSPS) is 12.4. The molecule has 0 aliphatic heterocycles. The van der Waals surface area contributed by atoms with Crippen molar-refractivity contribution in [1.29, 1.82) is 0 Å². The minimum atomic E-state index is 0.894. The van der Waals surface area contributed by atoms with Gasteiger partial charge in [-0.1, -0.05) is 170 Å². The number of para-hydroxylation sites is 4. The standard InChI is InChI=1S/C58H40N2O/c1-2-15-39(16-3-1)43-32-36-46(56(38-43)60-54-26-11-6-19-47(54)48-20-7-12-27-55(48)60)41-30-33-44(34-31-41)59(45-35-29-40-17-4-5-18-42(40)37-45)53-25-10-8-21-49(53)51-23-14-24-52-50-22-9-13-28-57(50)61-58(51)52/h1-11,13-26,28-38H,12,27H2. The number of hydrogen-bond acceptors (Lipinski definition) is 2. The Kier molecular flexibility index (Phi) is 8.31. The minimum absolute atomic E-state index is 0.894. The highest BCUT2D eigenvalue weighted by molar-refractivity contribution is 6.11. The van der Waals surface area contributed by atoms with Gasteiger partial charge in [0.05, 0.1) is 16.9 Å². The molecule has 0 radical (unpaired) electrons. The highest BCUT2D eigenvalue weighted by Crippen LogP contribution is 2.46. The van der Waals surface area contributed by atoms with Crippen LogP contribution in [-0.2, 0) is 6.42 Å². The van der Waals surface area contributed by atoms with Crippen LogP contribution >= 0.6 is 0 Å². The largest absolute Gasteiger partial charge is 0.455 e. The summed E-state index contributed by atoms with van der Waals surface area (Å²) < 4.78 is 9.15. The second-order valence-corrected chi connectivity index (χ2v) is 16.0. The Labute approximate surface area is 354 Å². The van der Waals surface area contributed by atoms with Crippen LogP contribution in [0.25, 0.3) is 88.8 Å². The highest BCUT2D eigenvalue weighted by Gasteiger charge is 2.23. The van der Waals surface area contributed by atoms with E-state index in [9.17, 15) is 0 Å². The Morgan fingerprint density at radius 3 is 2.07 bits per heavy atom. The first kappa shape index (κ1) is 35.1. The van der Waals surface area contributed by atoms with Gasteiger partial charge in [0.15, 0.2) is 0 Å². The van der Waals surface area contributed by atoms with Gasteiger partial charge in [0.25, 0.3) is 0 Å². The summed E-state index contributed by atoms with van der Waals surface area (Å²) in [4.78, 5) is 2.40. The van der Waals surface area contributed by atoms with E-state index in [2.05, 4.69) is 222 Å². The molecule has 0 atom stereocenters. The van der Waals surface area contributed by atoms with Gasteiger partial charge < -0.3 is 13.9 Å². The average molecular weight is 781 g/mol. The van der Waals surface area contributed by atoms with Crippen molar-refractivity contribution in [2.24, 2.45) is 0 Å². The summed E-state index contributed by atoms with van der Waals surface area (Å²) in [6, 6.07) is 74.6. The van der Waals surface area contributed by atoms with Gasteiger partial charge in [0.2, 0.25) is 0 Å². The van der Waals surface area contributed by atoms with Crippen molar-refractivity contribution in [3.8, 4) is 39.1 Å². The fourth-order valence-corrected chi connectivity index (χ4v) is 9.61. The lowest BCUT2D eigenvalue weighted by atomic mass is 9.96. The monoisotopic (exact) mass is 780 g/mol. The molecule has 61 heavy (non-hydrogen) atoms. The number of rotatable bonds is 7. The fourth-order valence-electron chi connectivity index (χ4n) is 9.61. The summed E-state index contributed by atoms with van der Waals surface area (Å²) in [6.07, 6.45) is 6.66. The molecule has 0 bridgehead atoms. The summed E-state index contributed by atoms with van der Waals surface area (Å²) in [6.45, 7) is 0. The molecule has 0 N–H and O–H groups in total. The first-order valence-corrected chi connectivity index (χ1v) is 21.1. The third kappa shape index (κ3) is 5.89. The molecule has 11 aromatic rings. The predicted octanol–water partition coefficient (Wildman–Crippen LogP) is 16.1. The van der Waals surface area contributed by atoms with Crippen LogP contribution < -0.4 is 4.90 Å². The summed E-state index contributed by atoms with van der Waals surface area (Å²) in [5.74, 6) is 0. The van der Waals surface area contributed by atoms with Gasteiger partial charge in [-0.2, -0.15) is 0 Å². The van der Waals surface area contributed by atoms with E-state index in [0.717, 1.165) is 68.5 Å². The summed E-state index contributed by atoms with van der Waals surface area (Å²) in [5.41, 5.74) is 17.1. The number of aromatic nitrogens is 1. The van der Waals surface area contributed by atoms with E-state index < -0.39 is 0 Å². The molecule has 0 spiro atoms. The zero-order valence-electron chi connectivity index (χ0n) is 33.5. The lowest BCUT2D eigenvalue weighted by Crippen LogP contribution is -2.11. The molecule has 0 unspecified atom stereocenters. The van der Waals surface area contributed by atoms with Gasteiger partial charge in [0, 0.05) is 55.5 Å². The quantitative estimate of drug-likeness (QED) is 0.161. The zero-order chi connectivity index (χ0) is 40.3. The molecule has 2 heterocycles. The predicted molar refractivity (Wildman–Crippen MR) is 256 cm³/mol. The SMILES string of the molecule is C1=Cc2c(n(-c3cc(-c4ccccc4)ccc3-c3ccc(N(c4ccc5ccccc5c4)c4ccccc4-c4cccc5c4oc4ccccc45)cc3)c3ccccc23)CC1. The Hall–Kier alpha value is -7.88. The van der Waals surface area contributed by atoms with Crippen LogP contribution in [0.1, 0.15) is 17.7 Å². The summed E-state index contributed by atoms with van der Waals surface area (Å²) >= 11 is 0. The van der Waals surface area contributed by atoms with Crippen molar-refractivity contribution in [3.63, 3.8) is 0 Å². The Bertz CT molecular complexity index is 3480. The lowest BCUT2D eigenvalue weighted by molar-refractivity contribution is 0.670. The molecule has 1 aliphatic carbocycles. The van der Waals surface area contributed by atoms with Gasteiger partial charge in [-0.3, -0.25) is 0 Å². The maximum absolute atomic E-state index is 6.62. The van der Waals surface area contributed by atoms with Crippen LogP contribution in [0, 0.1) is 0 Å². The molecule has 0 saturated heterocycles. The lowest BCUT2D eigenvalue weighted by Gasteiger charge is -2.28. The first-order valence-electron chi connectivity index (χ1n) is 21.1. The third-order valence-electron chi connectivity index (χ3n) is 12.5. The minimum Gasteiger partial charge on any atom is -0.455 e. The Morgan fingerprint density at radius 1 is 0.459 bits per heavy atom. The fraction of sp³-hybridized carbons (Fsp3) is 0.0345. The third-order valence-corrected chi connectivity index (χ3v) is 12.5. The number of nitrogens with zero attached hydrogens (tertiary/aromatic N) is 2. The second kappa shape index (κ2) is 14.4. The Balaban J connectivity index is 1.04. The van der Waals surface area contributed by atoms with Crippen LogP contribution in [0.15, 0.2) is 217 Å². The van der Waals surface area contributed by atoms with Gasteiger partial charge in [-0.05, 0) is 88.8 Å². The number of benzene rings is 9. The smallest absolute Gasteiger partial charge is 0.143 e. The van der Waals surface area contributed by atoms with E-state index in [-0.39, 0.29) is 0 Å². The van der Waals surface area contributed by atoms with E-state index in [0.29, 0.717) is 0 Å². The molecular weight excluding hydrogens is 741 g/mol. The van der Waals surface area contributed by atoms with E-state index >= 15 is 0 Å². The van der Waals surface area contributed by atoms with Gasteiger partial charge in [0.1, 0.15) is 11.2 Å². The molecule has 3 heteroatoms. The van der Waals surface area contributed by atoms with Crippen molar-refractivity contribution in [2.45, 2.75) is 12.8 Å². The van der Waals surface area contributed by atoms with Crippen LogP contribution in [0.5, 0.6) is 0 Å². The van der Waals surface area contributed by atoms with E-state index in [1.807, 2.05) is 6.07 Å². The molecule has 288 valence electrons. The van der Waals surface area contributed by atoms with Crippen molar-refractivity contribution in [2.75, 3.05) is 4.90 Å². The highest BCUT2D eigenvalue weighted by atomic mass is 16.3. The Morgan fingerprint density at radius 2 is 1.16 bits per heavy atom. The van der Waals surface area contributed by atoms with Gasteiger partial charge in [-0.25, -0.2) is 0 Å². The molecular formula is C58H40N2O. The molecule has 3 nitrogen and oxygen atoms in total. The number of furan rings is 1. The van der Waals surface area contributed by atoms with Crippen LogP contribution in [0.4, 0.5) is 17.1 Å². The molecule has 0 fully saturated rings. The zero-order valence-corrected chi connectivity index (χ0v) is 33.5. The van der Waals surface area contributed by atoms with E-state index in [1.165, 1.54) is 55.3 Å². The number of anilines is 3. The van der Waals surface area contributed by atoms with Crippen LogP contribution in [0.3, 0.4) is 0 Å².